The molecule has 0 saturated heterocycles. The van der Waals surface area contributed by atoms with Crippen molar-refractivity contribution in [3.05, 3.63) is 58.9 Å². The Kier molecular flexibility index (Phi) is 6.60. The number of anilines is 1. The molecule has 4 rings (SSSR count). The number of halogens is 4. The van der Waals surface area contributed by atoms with Crippen LogP contribution in [0.3, 0.4) is 0 Å². The number of hydrogen-bond donors (Lipinski definition) is 1. The third kappa shape index (κ3) is 4.69. The molecule has 1 aliphatic rings. The molecule has 2 aromatic heterocycles. The van der Waals surface area contributed by atoms with Gasteiger partial charge in [-0.15, -0.1) is 0 Å². The van der Waals surface area contributed by atoms with E-state index in [-0.39, 0.29) is 23.1 Å². The van der Waals surface area contributed by atoms with E-state index in [1.165, 1.54) is 12.1 Å². The summed E-state index contributed by atoms with van der Waals surface area (Å²) >= 11 is 0. The Balaban J connectivity index is 1.46. The number of rotatable bonds is 6. The lowest BCUT2D eigenvalue weighted by Crippen LogP contribution is -2.46. The Labute approximate surface area is 203 Å². The molecule has 1 aliphatic heterocycles. The highest BCUT2D eigenvalue weighted by molar-refractivity contribution is 7.90. The first-order valence-corrected chi connectivity index (χ1v) is 12.2. The molecular weight excluding hydrogens is 506 g/mol. The van der Waals surface area contributed by atoms with Crippen molar-refractivity contribution in [3.8, 4) is 0 Å². The van der Waals surface area contributed by atoms with Gasteiger partial charge in [-0.1, -0.05) is 13.0 Å². The molecule has 0 fully saturated rings. The highest BCUT2D eigenvalue weighted by Crippen LogP contribution is 2.28. The number of carbonyl (C=O) groups excluding carboxylic acids is 1. The van der Waals surface area contributed by atoms with Gasteiger partial charge in [0.25, 0.3) is 5.91 Å². The topological polar surface area (TPSA) is 112 Å². The number of aryl methyl sites for hydroxylation is 2. The summed E-state index contributed by atoms with van der Waals surface area (Å²) in [5.74, 6) is -0.757. The molecule has 0 spiro atoms. The van der Waals surface area contributed by atoms with Crippen LogP contribution in [-0.4, -0.2) is 57.9 Å². The van der Waals surface area contributed by atoms with Crippen LogP contribution in [0.4, 0.5) is 23.2 Å². The first kappa shape index (κ1) is 25.3. The first-order chi connectivity index (χ1) is 16.9. The van der Waals surface area contributed by atoms with Crippen molar-refractivity contribution in [2.24, 2.45) is 5.10 Å². The second-order valence-corrected chi connectivity index (χ2v) is 9.77. The number of benzene rings is 1. The van der Waals surface area contributed by atoms with Crippen LogP contribution < -0.4 is 10.3 Å². The number of amides is 1. The van der Waals surface area contributed by atoms with Crippen molar-refractivity contribution in [2.75, 3.05) is 18.1 Å². The Morgan fingerprint density at radius 3 is 2.53 bits per heavy atom. The highest BCUT2D eigenvalue weighted by Gasteiger charge is 2.50. The molecular formula is C21H21F4N7O3S. The molecule has 36 heavy (non-hydrogen) atoms. The van der Waals surface area contributed by atoms with E-state index in [1.54, 1.807) is 16.7 Å². The molecule has 0 aliphatic carbocycles. The Morgan fingerprint density at radius 1 is 1.17 bits per heavy atom. The maximum absolute atomic E-state index is 14.8. The molecule has 0 unspecified atom stereocenters. The van der Waals surface area contributed by atoms with Crippen LogP contribution in [0.25, 0.3) is 5.78 Å². The summed E-state index contributed by atoms with van der Waals surface area (Å²) in [7, 11) is -5.56. The minimum absolute atomic E-state index is 0.00736. The Morgan fingerprint density at radius 2 is 1.92 bits per heavy atom. The number of nitrogens with zero attached hydrogens (tertiary/aromatic N) is 6. The SMILES string of the molecule is CCc1nc2nc(C)ccn2c1C(=O)NCc1ccc(N2CCN(S(=O)(=O)C(F)(F)F)C=N2)c(F)c1. The van der Waals surface area contributed by atoms with E-state index in [4.69, 9.17) is 0 Å². The maximum Gasteiger partial charge on any atom is 0.516 e. The number of sulfonamides is 1. The number of imidazole rings is 1. The van der Waals surface area contributed by atoms with Gasteiger partial charge in [0.15, 0.2) is 0 Å². The zero-order valence-corrected chi connectivity index (χ0v) is 19.9. The third-order valence-corrected chi connectivity index (χ3v) is 6.93. The van der Waals surface area contributed by atoms with Crippen molar-refractivity contribution in [3.63, 3.8) is 0 Å². The zero-order chi connectivity index (χ0) is 26.3. The molecule has 15 heteroatoms. The van der Waals surface area contributed by atoms with E-state index >= 15 is 0 Å². The van der Waals surface area contributed by atoms with Gasteiger partial charge in [-0.05, 0) is 37.1 Å². The van der Waals surface area contributed by atoms with Crippen LogP contribution in [0.1, 0.15) is 34.4 Å². The molecule has 0 bridgehead atoms. The second kappa shape index (κ2) is 9.37. The Hall–Kier alpha value is -3.75. The summed E-state index contributed by atoms with van der Waals surface area (Å²) in [5.41, 5.74) is -3.44. The summed E-state index contributed by atoms with van der Waals surface area (Å²) in [6, 6.07) is 5.78. The van der Waals surface area contributed by atoms with E-state index in [2.05, 4.69) is 20.4 Å². The van der Waals surface area contributed by atoms with Gasteiger partial charge >= 0.3 is 15.5 Å². The fourth-order valence-electron chi connectivity index (χ4n) is 3.61. The number of alkyl halides is 3. The maximum atomic E-state index is 14.8. The van der Waals surface area contributed by atoms with Gasteiger partial charge in [-0.25, -0.2) is 18.7 Å². The van der Waals surface area contributed by atoms with Gasteiger partial charge in [-0.2, -0.15) is 26.7 Å². The summed E-state index contributed by atoms with van der Waals surface area (Å²) < 4.78 is 77.4. The molecule has 0 saturated carbocycles. The number of fused-ring (bicyclic) bond motifs is 1. The van der Waals surface area contributed by atoms with Crippen LogP contribution in [0.2, 0.25) is 0 Å². The van der Waals surface area contributed by atoms with E-state index in [9.17, 15) is 30.8 Å². The van der Waals surface area contributed by atoms with Crippen LogP contribution in [-0.2, 0) is 23.0 Å². The standard InChI is InChI=1S/C21H21F4N7O3S/c1-3-16-18(31-7-6-13(2)28-20(31)29-16)19(33)26-11-14-4-5-17(15(22)10-14)32-9-8-30(12-27-32)36(34,35)21(23,24)25/h4-7,10,12H,3,8-9,11H2,1-2H3,(H,26,33). The lowest BCUT2D eigenvalue weighted by Gasteiger charge is -2.29. The van der Waals surface area contributed by atoms with Crippen molar-refractivity contribution in [1.29, 1.82) is 0 Å². The van der Waals surface area contributed by atoms with Gasteiger partial charge in [0.2, 0.25) is 5.78 Å². The number of nitrogens with one attached hydrogen (secondary N) is 1. The smallest absolute Gasteiger partial charge is 0.347 e. The highest BCUT2D eigenvalue weighted by atomic mass is 32.2. The van der Waals surface area contributed by atoms with Crippen molar-refractivity contribution < 1.29 is 30.8 Å². The van der Waals surface area contributed by atoms with Crippen molar-refractivity contribution >= 4 is 33.7 Å². The zero-order valence-electron chi connectivity index (χ0n) is 19.1. The van der Waals surface area contributed by atoms with Crippen LogP contribution in [0.5, 0.6) is 0 Å². The molecule has 0 atom stereocenters. The summed E-state index contributed by atoms with van der Waals surface area (Å²) in [4.78, 5) is 21.6. The lowest BCUT2D eigenvalue weighted by molar-refractivity contribution is -0.0471. The molecule has 0 radical (unpaired) electrons. The molecule has 3 heterocycles. The van der Waals surface area contributed by atoms with Crippen LogP contribution >= 0.6 is 0 Å². The van der Waals surface area contributed by atoms with Crippen molar-refractivity contribution in [2.45, 2.75) is 32.3 Å². The van der Waals surface area contributed by atoms with Crippen LogP contribution in [0, 0.1) is 12.7 Å². The predicted molar refractivity (Wildman–Crippen MR) is 122 cm³/mol. The quantitative estimate of drug-likeness (QED) is 0.494. The minimum atomic E-state index is -5.56. The average molecular weight is 528 g/mol. The predicted octanol–water partition coefficient (Wildman–Crippen LogP) is 2.58. The van der Waals surface area contributed by atoms with Crippen LogP contribution in [0.15, 0.2) is 35.6 Å². The summed E-state index contributed by atoms with van der Waals surface area (Å²) in [5, 5.41) is 7.43. The number of hydrogen-bond acceptors (Lipinski definition) is 7. The molecule has 10 nitrogen and oxygen atoms in total. The molecule has 1 aromatic carbocycles. The van der Waals surface area contributed by atoms with Gasteiger partial charge < -0.3 is 5.32 Å². The fraction of sp³-hybridized carbons (Fsp3) is 0.333. The number of carbonyl (C=O) groups is 1. The lowest BCUT2D eigenvalue weighted by atomic mass is 10.1. The summed E-state index contributed by atoms with van der Waals surface area (Å²) in [6.45, 7) is 2.82. The first-order valence-electron chi connectivity index (χ1n) is 10.7. The monoisotopic (exact) mass is 527 g/mol. The third-order valence-electron chi connectivity index (χ3n) is 5.45. The van der Waals surface area contributed by atoms with E-state index in [0.717, 1.165) is 16.8 Å². The largest absolute Gasteiger partial charge is 0.516 e. The fourth-order valence-corrected chi connectivity index (χ4v) is 4.37. The normalized spacial score (nSPS) is 14.5. The number of aromatic nitrogens is 3. The van der Waals surface area contributed by atoms with Gasteiger partial charge in [0, 0.05) is 18.4 Å². The van der Waals surface area contributed by atoms with E-state index in [1.807, 2.05) is 13.8 Å². The molecule has 192 valence electrons. The Bertz CT molecular complexity index is 1450. The molecule has 1 N–H and O–H groups in total. The van der Waals surface area contributed by atoms with E-state index in [0.29, 0.717) is 35.5 Å². The van der Waals surface area contributed by atoms with Crippen molar-refractivity contribution in [1.82, 2.24) is 24.0 Å². The molecule has 3 aromatic rings. The second-order valence-electron chi connectivity index (χ2n) is 7.88. The van der Waals surface area contributed by atoms with Gasteiger partial charge in [0.05, 0.1) is 24.5 Å². The average Bonchev–Trinajstić information content (AvgIpc) is 3.19. The van der Waals surface area contributed by atoms with Gasteiger partial charge in [0.1, 0.15) is 17.8 Å². The van der Waals surface area contributed by atoms with E-state index < -0.39 is 33.8 Å². The molecule has 1 amide bonds. The number of hydrazone groups is 1. The minimum Gasteiger partial charge on any atom is -0.347 e. The van der Waals surface area contributed by atoms with Gasteiger partial charge in [-0.3, -0.25) is 14.2 Å². The summed E-state index contributed by atoms with van der Waals surface area (Å²) in [6.07, 6.45) is 2.71.